The monoisotopic (exact) mass is 394 g/mol. The number of benzene rings is 3. The molecule has 0 aliphatic rings. The van der Waals surface area contributed by atoms with Crippen molar-refractivity contribution >= 4 is 9.05 Å². The first-order valence-corrected chi connectivity index (χ1v) is 11.1. The molecule has 0 amide bonds. The maximum absolute atomic E-state index is 6.17. The van der Waals surface area contributed by atoms with Gasteiger partial charge in [0.2, 0.25) is 0 Å². The van der Waals surface area contributed by atoms with E-state index >= 15 is 0 Å². The molecule has 0 saturated heterocycles. The highest BCUT2D eigenvalue weighted by molar-refractivity contribution is 6.53. The smallest absolute Gasteiger partial charge is 0.351 e. The van der Waals surface area contributed by atoms with E-state index in [1.165, 1.54) is 0 Å². The van der Waals surface area contributed by atoms with Gasteiger partial charge in [-0.3, -0.25) is 0 Å². The van der Waals surface area contributed by atoms with Crippen molar-refractivity contribution in [2.45, 2.75) is 26.7 Å². The molecule has 0 aliphatic heterocycles. The first-order chi connectivity index (χ1) is 13.8. The average molecular weight is 395 g/mol. The summed E-state index contributed by atoms with van der Waals surface area (Å²) in [5.41, 5.74) is 3.14. The van der Waals surface area contributed by atoms with E-state index in [-0.39, 0.29) is 0 Å². The summed E-state index contributed by atoms with van der Waals surface area (Å²) in [6.07, 6.45) is 0. The maximum atomic E-state index is 6.17. The van der Waals surface area contributed by atoms with Crippen LogP contribution in [0.2, 0.25) is 0 Å². The topological polar surface area (TPSA) is 36.9 Å². The zero-order chi connectivity index (χ0) is 19.5. The fourth-order valence-electron chi connectivity index (χ4n) is 2.66. The second kappa shape index (κ2) is 10.9. The molecule has 0 heterocycles. The Morgan fingerprint density at radius 3 is 1.11 bits per heavy atom. The van der Waals surface area contributed by atoms with Gasteiger partial charge in [0.15, 0.2) is 0 Å². The van der Waals surface area contributed by atoms with Crippen LogP contribution in [-0.2, 0) is 37.5 Å². The van der Waals surface area contributed by atoms with Crippen LogP contribution < -0.4 is 0 Å². The van der Waals surface area contributed by atoms with E-state index in [2.05, 4.69) is 0 Å². The van der Waals surface area contributed by atoms with Crippen LogP contribution in [0.25, 0.3) is 0 Å². The molecular formula is C23H26O4Si. The Labute approximate surface area is 168 Å². The van der Waals surface area contributed by atoms with Crippen LogP contribution in [0.1, 0.15) is 23.6 Å². The second-order valence-electron chi connectivity index (χ2n) is 6.26. The van der Waals surface area contributed by atoms with E-state index in [9.17, 15) is 0 Å². The molecule has 0 saturated carbocycles. The van der Waals surface area contributed by atoms with Crippen molar-refractivity contribution in [3.05, 3.63) is 108 Å². The zero-order valence-corrected chi connectivity index (χ0v) is 17.1. The molecule has 0 atom stereocenters. The lowest BCUT2D eigenvalue weighted by atomic mass is 10.2. The van der Waals surface area contributed by atoms with E-state index in [0.29, 0.717) is 26.4 Å². The highest BCUT2D eigenvalue weighted by Gasteiger charge is 2.45. The van der Waals surface area contributed by atoms with Gasteiger partial charge in [0.05, 0.1) is 19.8 Å². The fraction of sp³-hybridized carbons (Fsp3) is 0.217. The van der Waals surface area contributed by atoms with Gasteiger partial charge < -0.3 is 17.7 Å². The molecule has 0 aromatic heterocycles. The van der Waals surface area contributed by atoms with Gasteiger partial charge in [0.25, 0.3) is 0 Å². The summed E-state index contributed by atoms with van der Waals surface area (Å²) >= 11 is 0. The molecule has 3 aromatic carbocycles. The summed E-state index contributed by atoms with van der Waals surface area (Å²) in [6.45, 7) is 3.49. The molecule has 3 rings (SSSR count). The lowest BCUT2D eigenvalue weighted by Gasteiger charge is -2.28. The number of rotatable bonds is 11. The summed E-state index contributed by atoms with van der Waals surface area (Å²) in [7, 11) is -3.34. The Balaban J connectivity index is 1.73. The fourth-order valence-corrected chi connectivity index (χ4v) is 4.55. The minimum atomic E-state index is -3.34. The summed E-state index contributed by atoms with van der Waals surface area (Å²) in [4.78, 5) is 0. The molecule has 3 aromatic rings. The molecular weight excluding hydrogens is 368 g/mol. The molecule has 0 unspecified atom stereocenters. The molecule has 0 bridgehead atoms. The predicted octanol–water partition coefficient (Wildman–Crippen LogP) is 5.11. The molecule has 5 heteroatoms. The summed E-state index contributed by atoms with van der Waals surface area (Å²) in [5, 5.41) is 0. The maximum Gasteiger partial charge on any atom is 0.680 e. The van der Waals surface area contributed by atoms with Gasteiger partial charge in [0, 0.05) is 6.61 Å². The third-order valence-electron chi connectivity index (χ3n) is 4.10. The minimum absolute atomic E-state index is 0.372. The van der Waals surface area contributed by atoms with Gasteiger partial charge in [-0.25, -0.2) is 0 Å². The van der Waals surface area contributed by atoms with Crippen molar-refractivity contribution in [2.24, 2.45) is 0 Å². The quantitative estimate of drug-likeness (QED) is 0.424. The van der Waals surface area contributed by atoms with Crippen LogP contribution in [0, 0.1) is 0 Å². The predicted molar refractivity (Wildman–Crippen MR) is 111 cm³/mol. The SMILES string of the molecule is CCO[Si](OCc1ccccc1)(OCc1ccccc1)OCc1ccccc1. The van der Waals surface area contributed by atoms with Crippen molar-refractivity contribution in [3.8, 4) is 0 Å². The first kappa shape index (κ1) is 20.5. The van der Waals surface area contributed by atoms with Crippen molar-refractivity contribution in [3.63, 3.8) is 0 Å². The summed E-state index contributed by atoms with van der Waals surface area (Å²) in [5.74, 6) is 0. The molecule has 0 fully saturated rings. The molecule has 28 heavy (non-hydrogen) atoms. The van der Waals surface area contributed by atoms with E-state index in [1.807, 2.05) is 97.9 Å². The molecule has 146 valence electrons. The highest BCUT2D eigenvalue weighted by atomic mass is 28.4. The van der Waals surface area contributed by atoms with Crippen molar-refractivity contribution in [1.29, 1.82) is 0 Å². The van der Waals surface area contributed by atoms with Crippen LogP contribution in [-0.4, -0.2) is 15.7 Å². The molecule has 0 aliphatic carbocycles. The third-order valence-corrected chi connectivity index (χ3v) is 6.23. The van der Waals surface area contributed by atoms with E-state index < -0.39 is 9.05 Å². The Hall–Kier alpha value is -2.28. The van der Waals surface area contributed by atoms with E-state index in [1.54, 1.807) is 0 Å². The lowest BCUT2D eigenvalue weighted by Crippen LogP contribution is -2.48. The van der Waals surface area contributed by atoms with Gasteiger partial charge >= 0.3 is 9.05 Å². The van der Waals surface area contributed by atoms with E-state index in [4.69, 9.17) is 17.7 Å². The van der Waals surface area contributed by atoms with E-state index in [0.717, 1.165) is 16.7 Å². The Morgan fingerprint density at radius 2 is 0.821 bits per heavy atom. The Bertz CT molecular complexity index is 690. The minimum Gasteiger partial charge on any atom is -0.351 e. The third kappa shape index (κ3) is 6.40. The van der Waals surface area contributed by atoms with Crippen LogP contribution in [0.3, 0.4) is 0 Å². The highest BCUT2D eigenvalue weighted by Crippen LogP contribution is 2.19. The van der Waals surface area contributed by atoms with Gasteiger partial charge in [-0.05, 0) is 23.6 Å². The number of hydrogen-bond donors (Lipinski definition) is 0. The summed E-state index contributed by atoms with van der Waals surface area (Å²) < 4.78 is 24.5. The molecule has 0 N–H and O–H groups in total. The van der Waals surface area contributed by atoms with Crippen LogP contribution in [0.4, 0.5) is 0 Å². The normalized spacial score (nSPS) is 11.5. The standard InChI is InChI=1S/C23H26O4Si/c1-2-24-28(25-18-21-12-6-3-7-13-21,26-19-22-14-8-4-9-15-22)27-20-23-16-10-5-11-17-23/h3-17H,2,18-20H2,1H3. The summed E-state index contributed by atoms with van der Waals surface area (Å²) in [6, 6.07) is 29.9. The lowest BCUT2D eigenvalue weighted by molar-refractivity contribution is -0.0456. The largest absolute Gasteiger partial charge is 0.680 e. The second-order valence-corrected chi connectivity index (χ2v) is 8.41. The van der Waals surface area contributed by atoms with Crippen LogP contribution in [0.15, 0.2) is 91.0 Å². The van der Waals surface area contributed by atoms with Crippen molar-refractivity contribution in [1.82, 2.24) is 0 Å². The van der Waals surface area contributed by atoms with Crippen LogP contribution in [0.5, 0.6) is 0 Å². The molecule has 4 nitrogen and oxygen atoms in total. The first-order valence-electron chi connectivity index (χ1n) is 9.47. The van der Waals surface area contributed by atoms with Gasteiger partial charge in [-0.1, -0.05) is 91.0 Å². The Kier molecular flexibility index (Phi) is 7.96. The molecule has 0 radical (unpaired) electrons. The number of hydrogen-bond acceptors (Lipinski definition) is 4. The van der Waals surface area contributed by atoms with Crippen LogP contribution >= 0.6 is 0 Å². The Morgan fingerprint density at radius 1 is 0.500 bits per heavy atom. The van der Waals surface area contributed by atoms with Gasteiger partial charge in [-0.15, -0.1) is 0 Å². The van der Waals surface area contributed by atoms with Crippen molar-refractivity contribution < 1.29 is 17.7 Å². The van der Waals surface area contributed by atoms with Gasteiger partial charge in [0.1, 0.15) is 0 Å². The molecule has 0 spiro atoms. The zero-order valence-electron chi connectivity index (χ0n) is 16.1. The van der Waals surface area contributed by atoms with Crippen molar-refractivity contribution in [2.75, 3.05) is 6.61 Å². The average Bonchev–Trinajstić information content (AvgIpc) is 2.77. The van der Waals surface area contributed by atoms with Gasteiger partial charge in [-0.2, -0.15) is 0 Å².